The molecule has 5 heteroatoms. The SMILES string of the molecule is COC1CCC(NC(=O)c2cc3cccc(N)c3[nH]2)C1. The fourth-order valence-corrected chi connectivity index (χ4v) is 2.85. The molecule has 2 unspecified atom stereocenters. The minimum atomic E-state index is -0.0812. The third-order valence-corrected chi connectivity index (χ3v) is 3.99. The predicted octanol–water partition coefficient (Wildman–Crippen LogP) is 2.05. The highest BCUT2D eigenvalue weighted by Crippen LogP contribution is 2.23. The summed E-state index contributed by atoms with van der Waals surface area (Å²) in [5.74, 6) is -0.0812. The number of rotatable bonds is 3. The van der Waals surface area contributed by atoms with Crippen LogP contribution in [0, 0.1) is 0 Å². The Balaban J connectivity index is 1.74. The summed E-state index contributed by atoms with van der Waals surface area (Å²) in [6.07, 6.45) is 3.11. The van der Waals surface area contributed by atoms with Gasteiger partial charge in [0, 0.05) is 18.5 Å². The fraction of sp³-hybridized carbons (Fsp3) is 0.400. The number of fused-ring (bicyclic) bond motifs is 1. The van der Waals surface area contributed by atoms with Crippen LogP contribution in [0.3, 0.4) is 0 Å². The van der Waals surface area contributed by atoms with E-state index < -0.39 is 0 Å². The van der Waals surface area contributed by atoms with E-state index in [1.165, 1.54) is 0 Å². The second-order valence-electron chi connectivity index (χ2n) is 5.34. The Hall–Kier alpha value is -2.01. The molecule has 1 saturated carbocycles. The zero-order chi connectivity index (χ0) is 14.1. The normalized spacial score (nSPS) is 22.2. The molecule has 1 aromatic carbocycles. The number of aromatic amines is 1. The lowest BCUT2D eigenvalue weighted by Gasteiger charge is -2.12. The molecule has 1 aliphatic rings. The number of carbonyl (C=O) groups excluding carboxylic acids is 1. The Morgan fingerprint density at radius 3 is 3.00 bits per heavy atom. The Morgan fingerprint density at radius 2 is 2.30 bits per heavy atom. The lowest BCUT2D eigenvalue weighted by molar-refractivity contribution is 0.0911. The Kier molecular flexibility index (Phi) is 3.36. The van der Waals surface area contributed by atoms with Crippen molar-refractivity contribution in [2.24, 2.45) is 0 Å². The van der Waals surface area contributed by atoms with Crippen LogP contribution in [0.2, 0.25) is 0 Å². The topological polar surface area (TPSA) is 80.1 Å². The quantitative estimate of drug-likeness (QED) is 0.749. The molecule has 1 fully saturated rings. The number of H-pyrrole nitrogens is 1. The van der Waals surface area contributed by atoms with Crippen LogP contribution in [-0.2, 0) is 4.74 Å². The molecule has 3 rings (SSSR count). The number of carbonyl (C=O) groups is 1. The van der Waals surface area contributed by atoms with E-state index in [0.29, 0.717) is 11.4 Å². The van der Waals surface area contributed by atoms with Crippen LogP contribution in [0.15, 0.2) is 24.3 Å². The van der Waals surface area contributed by atoms with E-state index >= 15 is 0 Å². The van der Waals surface area contributed by atoms with Crippen LogP contribution in [0.4, 0.5) is 5.69 Å². The molecule has 4 N–H and O–H groups in total. The highest BCUT2D eigenvalue weighted by atomic mass is 16.5. The van der Waals surface area contributed by atoms with Crippen molar-refractivity contribution >= 4 is 22.5 Å². The summed E-state index contributed by atoms with van der Waals surface area (Å²) in [6, 6.07) is 7.67. The largest absolute Gasteiger partial charge is 0.397 e. The average molecular weight is 273 g/mol. The number of nitrogens with one attached hydrogen (secondary N) is 2. The van der Waals surface area contributed by atoms with Crippen molar-refractivity contribution in [3.05, 3.63) is 30.0 Å². The zero-order valence-electron chi connectivity index (χ0n) is 11.5. The number of benzene rings is 1. The molecule has 5 nitrogen and oxygen atoms in total. The lowest BCUT2D eigenvalue weighted by Crippen LogP contribution is -2.33. The van der Waals surface area contributed by atoms with Crippen LogP contribution < -0.4 is 11.1 Å². The summed E-state index contributed by atoms with van der Waals surface area (Å²) in [6.45, 7) is 0. The van der Waals surface area contributed by atoms with Crippen molar-refractivity contribution in [3.8, 4) is 0 Å². The first kappa shape index (κ1) is 13.0. The molecule has 0 aliphatic heterocycles. The number of aromatic nitrogens is 1. The number of nitrogen functional groups attached to an aromatic ring is 1. The van der Waals surface area contributed by atoms with E-state index in [1.54, 1.807) is 7.11 Å². The third-order valence-electron chi connectivity index (χ3n) is 3.99. The van der Waals surface area contributed by atoms with Crippen molar-refractivity contribution < 1.29 is 9.53 Å². The van der Waals surface area contributed by atoms with Gasteiger partial charge in [-0.05, 0) is 31.4 Å². The van der Waals surface area contributed by atoms with Crippen molar-refractivity contribution in [3.63, 3.8) is 0 Å². The van der Waals surface area contributed by atoms with Gasteiger partial charge >= 0.3 is 0 Å². The van der Waals surface area contributed by atoms with Crippen molar-refractivity contribution in [2.75, 3.05) is 12.8 Å². The van der Waals surface area contributed by atoms with Crippen LogP contribution in [-0.4, -0.2) is 30.1 Å². The van der Waals surface area contributed by atoms with Crippen LogP contribution in [0.1, 0.15) is 29.8 Å². The summed E-state index contributed by atoms with van der Waals surface area (Å²) in [5.41, 5.74) is 7.92. The number of hydrogen-bond acceptors (Lipinski definition) is 3. The maximum Gasteiger partial charge on any atom is 0.267 e. The van der Waals surface area contributed by atoms with Crippen LogP contribution >= 0.6 is 0 Å². The first-order valence-corrected chi connectivity index (χ1v) is 6.88. The third kappa shape index (κ3) is 2.36. The molecule has 0 bridgehead atoms. The number of anilines is 1. The van der Waals surface area contributed by atoms with E-state index in [2.05, 4.69) is 10.3 Å². The van der Waals surface area contributed by atoms with Gasteiger partial charge in [-0.1, -0.05) is 12.1 Å². The molecule has 2 atom stereocenters. The van der Waals surface area contributed by atoms with Gasteiger partial charge < -0.3 is 20.8 Å². The second kappa shape index (κ2) is 5.17. The van der Waals surface area contributed by atoms with Crippen LogP contribution in [0.5, 0.6) is 0 Å². The number of ether oxygens (including phenoxy) is 1. The fourth-order valence-electron chi connectivity index (χ4n) is 2.85. The summed E-state index contributed by atoms with van der Waals surface area (Å²) in [7, 11) is 1.72. The summed E-state index contributed by atoms with van der Waals surface area (Å²) in [5, 5.41) is 4.00. The van der Waals surface area contributed by atoms with Gasteiger partial charge in [-0.25, -0.2) is 0 Å². The average Bonchev–Trinajstić information content (AvgIpc) is 3.05. The summed E-state index contributed by atoms with van der Waals surface area (Å²) in [4.78, 5) is 15.3. The molecule has 1 heterocycles. The molecule has 1 aromatic heterocycles. The lowest BCUT2D eigenvalue weighted by atomic mass is 10.2. The smallest absolute Gasteiger partial charge is 0.267 e. The molecule has 106 valence electrons. The highest BCUT2D eigenvalue weighted by molar-refractivity contribution is 6.00. The minimum absolute atomic E-state index is 0.0812. The molecule has 0 radical (unpaired) electrons. The number of para-hydroxylation sites is 1. The predicted molar refractivity (Wildman–Crippen MR) is 78.6 cm³/mol. The molecular weight excluding hydrogens is 254 g/mol. The molecule has 1 aliphatic carbocycles. The molecule has 0 spiro atoms. The molecule has 0 saturated heterocycles. The Bertz CT molecular complexity index is 635. The van der Waals surface area contributed by atoms with Gasteiger partial charge in [0.05, 0.1) is 17.3 Å². The molecular formula is C15H19N3O2. The first-order chi connectivity index (χ1) is 9.67. The molecule has 2 aromatic rings. The number of amides is 1. The Morgan fingerprint density at radius 1 is 1.45 bits per heavy atom. The van der Waals surface area contributed by atoms with E-state index in [0.717, 1.165) is 30.2 Å². The van der Waals surface area contributed by atoms with Gasteiger partial charge in [0.15, 0.2) is 0 Å². The van der Waals surface area contributed by atoms with Gasteiger partial charge in [0.25, 0.3) is 5.91 Å². The van der Waals surface area contributed by atoms with E-state index in [9.17, 15) is 4.79 Å². The van der Waals surface area contributed by atoms with Crippen molar-refractivity contribution in [1.29, 1.82) is 0 Å². The van der Waals surface area contributed by atoms with Gasteiger partial charge in [0.2, 0.25) is 0 Å². The monoisotopic (exact) mass is 273 g/mol. The van der Waals surface area contributed by atoms with Crippen LogP contribution in [0.25, 0.3) is 10.9 Å². The maximum atomic E-state index is 12.3. The second-order valence-corrected chi connectivity index (χ2v) is 5.34. The molecule has 1 amide bonds. The van der Waals surface area contributed by atoms with E-state index in [4.69, 9.17) is 10.5 Å². The van der Waals surface area contributed by atoms with Gasteiger partial charge in [0.1, 0.15) is 5.69 Å². The minimum Gasteiger partial charge on any atom is -0.397 e. The van der Waals surface area contributed by atoms with E-state index in [-0.39, 0.29) is 18.1 Å². The van der Waals surface area contributed by atoms with Gasteiger partial charge in [-0.15, -0.1) is 0 Å². The summed E-state index contributed by atoms with van der Waals surface area (Å²) >= 11 is 0. The van der Waals surface area contributed by atoms with Gasteiger partial charge in [-0.3, -0.25) is 4.79 Å². The number of methoxy groups -OCH3 is 1. The zero-order valence-corrected chi connectivity index (χ0v) is 11.5. The first-order valence-electron chi connectivity index (χ1n) is 6.88. The number of hydrogen-bond donors (Lipinski definition) is 3. The summed E-state index contributed by atoms with van der Waals surface area (Å²) < 4.78 is 5.32. The number of nitrogens with two attached hydrogens (primary N) is 1. The van der Waals surface area contributed by atoms with E-state index in [1.807, 2.05) is 24.3 Å². The maximum absolute atomic E-state index is 12.3. The molecule has 20 heavy (non-hydrogen) atoms. The van der Waals surface area contributed by atoms with Gasteiger partial charge in [-0.2, -0.15) is 0 Å². The Labute approximate surface area is 117 Å². The standard InChI is InChI=1S/C15H19N3O2/c1-20-11-6-5-10(8-11)17-15(19)13-7-9-3-2-4-12(16)14(9)18-13/h2-4,7,10-11,18H,5-6,8,16H2,1H3,(H,17,19). The highest BCUT2D eigenvalue weighted by Gasteiger charge is 2.26. The van der Waals surface area contributed by atoms with Crippen molar-refractivity contribution in [1.82, 2.24) is 10.3 Å². The van der Waals surface area contributed by atoms with Crippen molar-refractivity contribution in [2.45, 2.75) is 31.4 Å².